The maximum atomic E-state index is 12.4. The van der Waals surface area contributed by atoms with Crippen LogP contribution in [0.25, 0.3) is 17.0 Å². The van der Waals surface area contributed by atoms with Crippen LogP contribution in [-0.4, -0.2) is 82.0 Å². The second-order valence-electron chi connectivity index (χ2n) is 6.52. The lowest BCUT2D eigenvalue weighted by atomic mass is 10.3. The van der Waals surface area contributed by atoms with E-state index in [1.54, 1.807) is 30.2 Å². The molecule has 29 heavy (non-hydrogen) atoms. The van der Waals surface area contributed by atoms with Gasteiger partial charge < -0.3 is 19.7 Å². The van der Waals surface area contributed by atoms with E-state index in [0.29, 0.717) is 68.1 Å². The first kappa shape index (κ1) is 19.2. The van der Waals surface area contributed by atoms with Crippen LogP contribution in [0.1, 0.15) is 16.3 Å². The molecule has 0 atom stereocenters. The van der Waals surface area contributed by atoms with Crippen LogP contribution in [0, 0.1) is 6.92 Å². The standard InChI is InChI=1S/C18H22N8O3/c1-12-20-9-13(10-21-12)15-23-16(25-4-7-29-8-5-25)17-22-14(11-26(17)24-15)18(27)19-3-6-28-2/h9-11H,3-8H2,1-2H3,(H,19,27). The minimum Gasteiger partial charge on any atom is -0.383 e. The Bertz CT molecular complexity index is 998. The summed E-state index contributed by atoms with van der Waals surface area (Å²) >= 11 is 0. The molecule has 4 rings (SSSR count). The van der Waals surface area contributed by atoms with Gasteiger partial charge in [0, 0.05) is 39.1 Å². The molecule has 0 bridgehead atoms. The van der Waals surface area contributed by atoms with Crippen molar-refractivity contribution in [2.75, 3.05) is 51.5 Å². The van der Waals surface area contributed by atoms with Gasteiger partial charge in [-0.15, -0.1) is 5.10 Å². The van der Waals surface area contributed by atoms with Crippen molar-refractivity contribution in [1.29, 1.82) is 0 Å². The first-order valence-corrected chi connectivity index (χ1v) is 9.32. The van der Waals surface area contributed by atoms with E-state index < -0.39 is 0 Å². The number of aryl methyl sites for hydroxylation is 1. The number of morpholine rings is 1. The number of anilines is 1. The Kier molecular flexibility index (Phi) is 5.58. The molecular formula is C18H22N8O3. The van der Waals surface area contributed by atoms with E-state index in [0.717, 1.165) is 0 Å². The van der Waals surface area contributed by atoms with Crippen molar-refractivity contribution in [3.8, 4) is 11.4 Å². The molecule has 3 aromatic rings. The second kappa shape index (κ2) is 8.45. The highest BCUT2D eigenvalue weighted by atomic mass is 16.5. The summed E-state index contributed by atoms with van der Waals surface area (Å²) in [6.45, 7) is 5.20. The van der Waals surface area contributed by atoms with Crippen molar-refractivity contribution in [1.82, 2.24) is 34.9 Å². The third kappa shape index (κ3) is 4.15. The van der Waals surface area contributed by atoms with Crippen molar-refractivity contribution < 1.29 is 14.3 Å². The second-order valence-corrected chi connectivity index (χ2v) is 6.52. The number of aromatic nitrogens is 6. The first-order valence-electron chi connectivity index (χ1n) is 9.32. The number of fused-ring (bicyclic) bond motifs is 1. The van der Waals surface area contributed by atoms with Crippen LogP contribution in [0.15, 0.2) is 18.6 Å². The third-order valence-electron chi connectivity index (χ3n) is 4.48. The number of nitrogens with zero attached hydrogens (tertiary/aromatic N) is 7. The fourth-order valence-corrected chi connectivity index (χ4v) is 2.96. The number of rotatable bonds is 6. The molecular weight excluding hydrogens is 376 g/mol. The molecule has 0 radical (unpaired) electrons. The van der Waals surface area contributed by atoms with Crippen LogP contribution in [0.4, 0.5) is 5.82 Å². The molecule has 0 aromatic carbocycles. The summed E-state index contributed by atoms with van der Waals surface area (Å²) in [5.41, 5.74) is 1.47. The van der Waals surface area contributed by atoms with Gasteiger partial charge in [0.15, 0.2) is 17.3 Å². The molecule has 1 N–H and O–H groups in total. The summed E-state index contributed by atoms with van der Waals surface area (Å²) in [5, 5.41) is 7.30. The van der Waals surface area contributed by atoms with Gasteiger partial charge in [0.05, 0.1) is 31.6 Å². The van der Waals surface area contributed by atoms with Crippen molar-refractivity contribution in [3.05, 3.63) is 30.1 Å². The molecule has 1 fully saturated rings. The summed E-state index contributed by atoms with van der Waals surface area (Å²) in [4.78, 5) is 32.2. The fourth-order valence-electron chi connectivity index (χ4n) is 2.96. The van der Waals surface area contributed by atoms with E-state index in [-0.39, 0.29) is 11.6 Å². The van der Waals surface area contributed by atoms with E-state index in [1.807, 2.05) is 6.92 Å². The molecule has 1 amide bonds. The van der Waals surface area contributed by atoms with Gasteiger partial charge in [0.25, 0.3) is 5.91 Å². The number of ether oxygens (including phenoxy) is 2. The Morgan fingerprint density at radius 1 is 1.24 bits per heavy atom. The minimum atomic E-state index is -0.291. The molecule has 0 saturated carbocycles. The number of carbonyl (C=O) groups excluding carboxylic acids is 1. The molecule has 0 aliphatic carbocycles. The van der Waals surface area contributed by atoms with Gasteiger partial charge >= 0.3 is 0 Å². The number of imidazole rings is 1. The average molecular weight is 398 g/mol. The van der Waals surface area contributed by atoms with Gasteiger partial charge in [-0.1, -0.05) is 0 Å². The number of amides is 1. The molecule has 3 aromatic heterocycles. The van der Waals surface area contributed by atoms with Crippen LogP contribution >= 0.6 is 0 Å². The summed E-state index contributed by atoms with van der Waals surface area (Å²) in [5.74, 6) is 1.49. The lowest BCUT2D eigenvalue weighted by Crippen LogP contribution is -2.37. The van der Waals surface area contributed by atoms with Gasteiger partial charge in [0.1, 0.15) is 11.5 Å². The third-order valence-corrected chi connectivity index (χ3v) is 4.48. The van der Waals surface area contributed by atoms with E-state index in [4.69, 9.17) is 14.5 Å². The molecule has 0 unspecified atom stereocenters. The zero-order chi connectivity index (χ0) is 20.2. The van der Waals surface area contributed by atoms with Crippen molar-refractivity contribution in [2.45, 2.75) is 6.92 Å². The van der Waals surface area contributed by atoms with E-state index in [1.165, 1.54) is 0 Å². The number of hydrogen-bond acceptors (Lipinski definition) is 9. The average Bonchev–Trinajstić information content (AvgIpc) is 3.19. The summed E-state index contributed by atoms with van der Waals surface area (Å²) in [7, 11) is 1.58. The van der Waals surface area contributed by atoms with E-state index in [9.17, 15) is 4.79 Å². The van der Waals surface area contributed by atoms with Gasteiger partial charge in [-0.3, -0.25) is 4.79 Å². The lowest BCUT2D eigenvalue weighted by Gasteiger charge is -2.27. The van der Waals surface area contributed by atoms with E-state index in [2.05, 4.69) is 30.3 Å². The van der Waals surface area contributed by atoms with Crippen LogP contribution in [0.5, 0.6) is 0 Å². The van der Waals surface area contributed by atoms with Crippen LogP contribution in [0.3, 0.4) is 0 Å². The van der Waals surface area contributed by atoms with Gasteiger partial charge in [0.2, 0.25) is 0 Å². The quantitative estimate of drug-likeness (QED) is 0.577. The van der Waals surface area contributed by atoms with Crippen LogP contribution in [-0.2, 0) is 9.47 Å². The largest absolute Gasteiger partial charge is 0.383 e. The van der Waals surface area contributed by atoms with Crippen LogP contribution < -0.4 is 10.2 Å². The number of carbonyl (C=O) groups is 1. The Balaban J connectivity index is 1.75. The highest BCUT2D eigenvalue weighted by molar-refractivity contribution is 5.93. The maximum absolute atomic E-state index is 12.4. The van der Waals surface area contributed by atoms with Crippen LogP contribution in [0.2, 0.25) is 0 Å². The predicted octanol–water partition coefficient (Wildman–Crippen LogP) is 0.103. The Morgan fingerprint density at radius 3 is 2.72 bits per heavy atom. The molecule has 1 aliphatic rings. The SMILES string of the molecule is COCCNC(=O)c1cn2nc(-c3cnc(C)nc3)nc(N3CCOCC3)c2n1. The maximum Gasteiger partial charge on any atom is 0.271 e. The number of nitrogens with one attached hydrogen (secondary N) is 1. The van der Waals surface area contributed by atoms with Crippen molar-refractivity contribution in [3.63, 3.8) is 0 Å². The molecule has 152 valence electrons. The predicted molar refractivity (Wildman–Crippen MR) is 104 cm³/mol. The highest BCUT2D eigenvalue weighted by Gasteiger charge is 2.22. The monoisotopic (exact) mass is 398 g/mol. The number of hydrogen-bond donors (Lipinski definition) is 1. The fraction of sp³-hybridized carbons (Fsp3) is 0.444. The summed E-state index contributed by atoms with van der Waals surface area (Å²) in [6.07, 6.45) is 4.96. The van der Waals surface area contributed by atoms with Gasteiger partial charge in [-0.2, -0.15) is 0 Å². The molecule has 1 aliphatic heterocycles. The Hall–Kier alpha value is -3.18. The molecule has 4 heterocycles. The zero-order valence-corrected chi connectivity index (χ0v) is 16.3. The first-order chi connectivity index (χ1) is 14.2. The summed E-state index contributed by atoms with van der Waals surface area (Å²) < 4.78 is 12.0. The summed E-state index contributed by atoms with van der Waals surface area (Å²) in [6, 6.07) is 0. The molecule has 11 heteroatoms. The molecule has 0 spiro atoms. The van der Waals surface area contributed by atoms with Gasteiger partial charge in [-0.05, 0) is 6.92 Å². The molecule has 1 saturated heterocycles. The smallest absolute Gasteiger partial charge is 0.271 e. The number of methoxy groups -OCH3 is 1. The van der Waals surface area contributed by atoms with Crippen molar-refractivity contribution in [2.24, 2.45) is 0 Å². The minimum absolute atomic E-state index is 0.266. The van der Waals surface area contributed by atoms with Gasteiger partial charge in [-0.25, -0.2) is 24.5 Å². The molecule has 11 nitrogen and oxygen atoms in total. The Labute approximate surface area is 167 Å². The topological polar surface area (TPSA) is 120 Å². The van der Waals surface area contributed by atoms with Crippen molar-refractivity contribution >= 4 is 17.4 Å². The van der Waals surface area contributed by atoms with E-state index >= 15 is 0 Å². The highest BCUT2D eigenvalue weighted by Crippen LogP contribution is 2.23. The Morgan fingerprint density at radius 2 is 2.00 bits per heavy atom. The normalized spacial score (nSPS) is 14.3. The lowest BCUT2D eigenvalue weighted by molar-refractivity contribution is 0.0932. The zero-order valence-electron chi connectivity index (χ0n) is 16.3.